The molecule has 21 heavy (non-hydrogen) atoms. The van der Waals surface area contributed by atoms with Gasteiger partial charge in [-0.25, -0.2) is 4.79 Å². The van der Waals surface area contributed by atoms with E-state index < -0.39 is 0 Å². The first-order valence-corrected chi connectivity index (χ1v) is 7.01. The van der Waals surface area contributed by atoms with E-state index in [4.69, 9.17) is 9.47 Å². The van der Waals surface area contributed by atoms with Gasteiger partial charge in [-0.2, -0.15) is 0 Å². The van der Waals surface area contributed by atoms with Gasteiger partial charge >= 0.3 is 6.09 Å². The Bertz CT molecular complexity index is 560. The van der Waals surface area contributed by atoms with Crippen LogP contribution in [0.4, 0.5) is 10.5 Å². The fourth-order valence-electron chi connectivity index (χ4n) is 2.86. The van der Waals surface area contributed by atoms with Gasteiger partial charge in [0.2, 0.25) is 5.91 Å². The Morgan fingerprint density at radius 1 is 1.43 bits per heavy atom. The second-order valence-corrected chi connectivity index (χ2v) is 5.27. The van der Waals surface area contributed by atoms with E-state index in [0.29, 0.717) is 26.1 Å². The van der Waals surface area contributed by atoms with Crippen molar-refractivity contribution in [2.75, 3.05) is 31.8 Å². The second-order valence-electron chi connectivity index (χ2n) is 5.27. The van der Waals surface area contributed by atoms with E-state index in [0.717, 1.165) is 11.3 Å². The van der Waals surface area contributed by atoms with Crippen molar-refractivity contribution in [3.05, 3.63) is 29.8 Å². The highest BCUT2D eigenvalue weighted by Crippen LogP contribution is 2.31. The highest BCUT2D eigenvalue weighted by molar-refractivity contribution is 5.91. The second kappa shape index (κ2) is 5.73. The zero-order valence-corrected chi connectivity index (χ0v) is 11.9. The van der Waals surface area contributed by atoms with Crippen LogP contribution in [0.3, 0.4) is 0 Å². The Morgan fingerprint density at radius 3 is 3.05 bits per heavy atom. The Morgan fingerprint density at radius 2 is 2.24 bits per heavy atom. The molecule has 0 aliphatic carbocycles. The first-order valence-electron chi connectivity index (χ1n) is 7.01. The summed E-state index contributed by atoms with van der Waals surface area (Å²) in [5.41, 5.74) is 1.78. The summed E-state index contributed by atoms with van der Waals surface area (Å²) >= 11 is 0. The average molecular weight is 290 g/mol. The molecule has 0 N–H and O–H groups in total. The SMILES string of the molecule is COCC(=O)N1CCC2COC(=O)N2c2ccccc2C1. The minimum absolute atomic E-state index is 0.0169. The van der Waals surface area contributed by atoms with Crippen molar-refractivity contribution in [2.24, 2.45) is 0 Å². The van der Waals surface area contributed by atoms with Gasteiger partial charge in [0.15, 0.2) is 0 Å². The Balaban J connectivity index is 1.94. The fourth-order valence-corrected chi connectivity index (χ4v) is 2.86. The summed E-state index contributed by atoms with van der Waals surface area (Å²) in [6.45, 7) is 1.52. The van der Waals surface area contributed by atoms with Crippen LogP contribution in [0.5, 0.6) is 0 Å². The maximum atomic E-state index is 12.1. The highest BCUT2D eigenvalue weighted by Gasteiger charge is 2.37. The number of cyclic esters (lactones) is 1. The molecule has 3 rings (SSSR count). The molecule has 2 heterocycles. The largest absolute Gasteiger partial charge is 0.447 e. The number of anilines is 1. The molecule has 1 saturated heterocycles. The quantitative estimate of drug-likeness (QED) is 0.826. The van der Waals surface area contributed by atoms with E-state index in [2.05, 4.69) is 0 Å². The van der Waals surface area contributed by atoms with Crippen LogP contribution < -0.4 is 4.90 Å². The summed E-state index contributed by atoms with van der Waals surface area (Å²) in [6, 6.07) is 7.63. The molecule has 1 atom stereocenters. The maximum absolute atomic E-state index is 12.1. The summed E-state index contributed by atoms with van der Waals surface area (Å²) in [5, 5.41) is 0. The molecule has 0 aromatic heterocycles. The summed E-state index contributed by atoms with van der Waals surface area (Å²) in [4.78, 5) is 27.6. The molecular formula is C15H18N2O4. The standard InChI is InChI=1S/C15H18N2O4/c1-20-10-14(18)16-7-6-12-9-21-15(19)17(12)13-5-3-2-4-11(13)8-16/h2-5,12H,6-10H2,1H3. The third-order valence-electron chi connectivity index (χ3n) is 3.93. The molecule has 0 bridgehead atoms. The molecule has 2 amide bonds. The summed E-state index contributed by atoms with van der Waals surface area (Å²) in [6.07, 6.45) is 0.402. The van der Waals surface area contributed by atoms with Gasteiger partial charge in [0.25, 0.3) is 0 Å². The van der Waals surface area contributed by atoms with Crippen LogP contribution in [0.25, 0.3) is 0 Å². The zero-order chi connectivity index (χ0) is 14.8. The predicted molar refractivity (Wildman–Crippen MR) is 76.0 cm³/mol. The van der Waals surface area contributed by atoms with E-state index in [1.54, 1.807) is 9.80 Å². The molecule has 0 saturated carbocycles. The van der Waals surface area contributed by atoms with Crippen LogP contribution in [-0.2, 0) is 20.8 Å². The van der Waals surface area contributed by atoms with Gasteiger partial charge in [-0.15, -0.1) is 0 Å². The number of rotatable bonds is 2. The van der Waals surface area contributed by atoms with Crippen molar-refractivity contribution in [3.63, 3.8) is 0 Å². The normalized spacial score (nSPS) is 21.2. The number of hydrogen-bond acceptors (Lipinski definition) is 4. The van der Waals surface area contributed by atoms with E-state index in [1.807, 2.05) is 24.3 Å². The van der Waals surface area contributed by atoms with Crippen LogP contribution in [0.15, 0.2) is 24.3 Å². The van der Waals surface area contributed by atoms with Crippen LogP contribution in [0.1, 0.15) is 12.0 Å². The van der Waals surface area contributed by atoms with Crippen LogP contribution in [-0.4, -0.2) is 49.8 Å². The molecule has 2 aliphatic rings. The van der Waals surface area contributed by atoms with Gasteiger partial charge in [0.05, 0.1) is 11.7 Å². The molecular weight excluding hydrogens is 272 g/mol. The lowest BCUT2D eigenvalue weighted by Gasteiger charge is -2.32. The molecule has 0 radical (unpaired) electrons. The van der Waals surface area contributed by atoms with Gasteiger partial charge in [-0.05, 0) is 18.1 Å². The van der Waals surface area contributed by atoms with Crippen LogP contribution in [0, 0.1) is 0 Å². The number of amides is 2. The first-order chi connectivity index (χ1) is 10.2. The van der Waals surface area contributed by atoms with E-state index >= 15 is 0 Å². The number of carbonyl (C=O) groups excluding carboxylic acids is 2. The van der Waals surface area contributed by atoms with Gasteiger partial charge in [0, 0.05) is 20.2 Å². The number of benzene rings is 1. The maximum Gasteiger partial charge on any atom is 0.414 e. The minimum Gasteiger partial charge on any atom is -0.447 e. The monoisotopic (exact) mass is 290 g/mol. The molecule has 1 unspecified atom stereocenters. The van der Waals surface area contributed by atoms with E-state index in [1.165, 1.54) is 7.11 Å². The Labute approximate surface area is 123 Å². The smallest absolute Gasteiger partial charge is 0.414 e. The molecule has 2 aliphatic heterocycles. The molecule has 112 valence electrons. The summed E-state index contributed by atoms with van der Waals surface area (Å²) in [7, 11) is 1.51. The van der Waals surface area contributed by atoms with Crippen molar-refractivity contribution in [3.8, 4) is 0 Å². The number of para-hydroxylation sites is 1. The average Bonchev–Trinajstić information content (AvgIpc) is 2.82. The predicted octanol–water partition coefficient (Wildman–Crippen LogP) is 1.39. The minimum atomic E-state index is -0.302. The zero-order valence-electron chi connectivity index (χ0n) is 11.9. The van der Waals surface area contributed by atoms with Crippen molar-refractivity contribution >= 4 is 17.7 Å². The third-order valence-corrected chi connectivity index (χ3v) is 3.93. The third kappa shape index (κ3) is 2.58. The molecule has 0 spiro atoms. The topological polar surface area (TPSA) is 59.1 Å². The van der Waals surface area contributed by atoms with Gasteiger partial charge < -0.3 is 14.4 Å². The number of ether oxygens (including phenoxy) is 2. The summed E-state index contributed by atoms with van der Waals surface area (Å²) in [5.74, 6) is -0.0361. The fraction of sp³-hybridized carbons (Fsp3) is 0.467. The van der Waals surface area contributed by atoms with E-state index in [9.17, 15) is 9.59 Å². The molecule has 6 nitrogen and oxygen atoms in total. The lowest BCUT2D eigenvalue weighted by Crippen LogP contribution is -2.42. The van der Waals surface area contributed by atoms with Crippen molar-refractivity contribution in [1.82, 2.24) is 4.90 Å². The first kappa shape index (κ1) is 13.9. The Kier molecular flexibility index (Phi) is 3.79. The lowest BCUT2D eigenvalue weighted by molar-refractivity contribution is -0.135. The number of fused-ring (bicyclic) bond motifs is 3. The van der Waals surface area contributed by atoms with E-state index in [-0.39, 0.29) is 24.6 Å². The summed E-state index contributed by atoms with van der Waals surface area (Å²) < 4.78 is 10.1. The number of methoxy groups -OCH3 is 1. The molecule has 1 fully saturated rings. The van der Waals surface area contributed by atoms with Crippen molar-refractivity contribution in [1.29, 1.82) is 0 Å². The van der Waals surface area contributed by atoms with Gasteiger partial charge in [-0.1, -0.05) is 18.2 Å². The lowest BCUT2D eigenvalue weighted by atomic mass is 10.1. The number of nitrogens with zero attached hydrogens (tertiary/aromatic N) is 2. The molecule has 1 aromatic carbocycles. The van der Waals surface area contributed by atoms with Gasteiger partial charge in [0.1, 0.15) is 13.2 Å². The molecule has 6 heteroatoms. The highest BCUT2D eigenvalue weighted by atomic mass is 16.6. The Hall–Kier alpha value is -2.08. The van der Waals surface area contributed by atoms with Crippen molar-refractivity contribution in [2.45, 2.75) is 19.0 Å². The van der Waals surface area contributed by atoms with Gasteiger partial charge in [-0.3, -0.25) is 9.69 Å². The van der Waals surface area contributed by atoms with Crippen LogP contribution in [0.2, 0.25) is 0 Å². The van der Waals surface area contributed by atoms with Crippen molar-refractivity contribution < 1.29 is 19.1 Å². The molecule has 1 aromatic rings. The number of hydrogen-bond donors (Lipinski definition) is 0. The number of carbonyl (C=O) groups is 2. The van der Waals surface area contributed by atoms with Crippen LogP contribution >= 0.6 is 0 Å².